The van der Waals surface area contributed by atoms with Crippen LogP contribution in [0.1, 0.15) is 0 Å². The summed E-state index contributed by atoms with van der Waals surface area (Å²) in [5.74, 6) is 0.541. The number of methoxy groups -OCH3 is 1. The summed E-state index contributed by atoms with van der Waals surface area (Å²) in [7, 11) is 3.48. The average Bonchev–Trinajstić information content (AvgIpc) is 2.67. The second-order valence-electron chi connectivity index (χ2n) is 3.26. The maximum Gasteiger partial charge on any atom is 0.190 e. The van der Waals surface area contributed by atoms with Crippen molar-refractivity contribution in [3.8, 4) is 0 Å². The van der Waals surface area contributed by atoms with E-state index in [0.717, 1.165) is 5.16 Å². The number of nitrogens with zero attached hydrogens (tertiary/aromatic N) is 3. The van der Waals surface area contributed by atoms with Gasteiger partial charge in [-0.05, 0) is 0 Å². The van der Waals surface area contributed by atoms with Crippen LogP contribution in [0.4, 0.5) is 0 Å². The summed E-state index contributed by atoms with van der Waals surface area (Å²) < 4.78 is 11.8. The molecule has 0 aliphatic rings. The number of aliphatic hydroxyl groups is 1. The van der Waals surface area contributed by atoms with E-state index < -0.39 is 6.10 Å². The van der Waals surface area contributed by atoms with Crippen molar-refractivity contribution in [3.05, 3.63) is 6.33 Å². The molecule has 0 spiro atoms. The Labute approximate surface area is 99.0 Å². The minimum absolute atomic E-state index is 0.314. The van der Waals surface area contributed by atoms with Crippen molar-refractivity contribution in [1.29, 1.82) is 0 Å². The molecule has 92 valence electrons. The summed E-state index contributed by atoms with van der Waals surface area (Å²) in [4.78, 5) is 0. The van der Waals surface area contributed by atoms with Crippen molar-refractivity contribution in [2.75, 3.05) is 32.7 Å². The first-order valence-corrected chi connectivity index (χ1v) is 5.94. The van der Waals surface area contributed by atoms with Gasteiger partial charge in [-0.15, -0.1) is 10.2 Å². The normalized spacial score (nSPS) is 12.9. The predicted octanol–water partition coefficient (Wildman–Crippen LogP) is -0.0689. The first-order chi connectivity index (χ1) is 7.74. The topological polar surface area (TPSA) is 69.4 Å². The highest BCUT2D eigenvalue weighted by molar-refractivity contribution is 7.99. The molecule has 7 heteroatoms. The molecule has 0 fully saturated rings. The van der Waals surface area contributed by atoms with Gasteiger partial charge in [-0.25, -0.2) is 0 Å². The molecule has 1 aromatic heterocycles. The first kappa shape index (κ1) is 13.4. The molecule has 1 heterocycles. The molecule has 0 radical (unpaired) electrons. The van der Waals surface area contributed by atoms with Crippen molar-refractivity contribution in [1.82, 2.24) is 14.8 Å². The number of hydrogen-bond acceptors (Lipinski definition) is 6. The minimum atomic E-state index is -0.501. The zero-order valence-electron chi connectivity index (χ0n) is 9.50. The van der Waals surface area contributed by atoms with Crippen LogP contribution < -0.4 is 0 Å². The van der Waals surface area contributed by atoms with Crippen LogP contribution in [0.5, 0.6) is 0 Å². The van der Waals surface area contributed by atoms with E-state index in [0.29, 0.717) is 25.6 Å². The van der Waals surface area contributed by atoms with Crippen LogP contribution in [0.15, 0.2) is 11.5 Å². The fraction of sp³-hybridized carbons (Fsp3) is 0.778. The summed E-state index contributed by atoms with van der Waals surface area (Å²) in [6.07, 6.45) is 1.13. The van der Waals surface area contributed by atoms with Crippen LogP contribution >= 0.6 is 11.8 Å². The van der Waals surface area contributed by atoms with Crippen molar-refractivity contribution in [2.45, 2.75) is 11.3 Å². The van der Waals surface area contributed by atoms with Gasteiger partial charge in [0.2, 0.25) is 0 Å². The van der Waals surface area contributed by atoms with Gasteiger partial charge in [0, 0.05) is 19.9 Å². The van der Waals surface area contributed by atoms with E-state index in [1.165, 1.54) is 11.8 Å². The molecule has 1 unspecified atom stereocenters. The van der Waals surface area contributed by atoms with Crippen LogP contribution in [-0.2, 0) is 16.5 Å². The smallest absolute Gasteiger partial charge is 0.190 e. The van der Waals surface area contributed by atoms with Gasteiger partial charge in [-0.1, -0.05) is 11.8 Å². The second kappa shape index (κ2) is 7.61. The fourth-order valence-corrected chi connectivity index (χ4v) is 1.78. The van der Waals surface area contributed by atoms with Crippen LogP contribution in [0, 0.1) is 0 Å². The Hall–Kier alpha value is -0.630. The molecular formula is C9H17N3O3S. The number of aliphatic hydroxyl groups excluding tert-OH is 1. The molecule has 0 aliphatic carbocycles. The summed E-state index contributed by atoms with van der Waals surface area (Å²) in [5.41, 5.74) is 0. The van der Waals surface area contributed by atoms with Crippen LogP contribution in [0.25, 0.3) is 0 Å². The molecule has 1 rings (SSSR count). The van der Waals surface area contributed by atoms with Crippen LogP contribution in [-0.4, -0.2) is 58.7 Å². The molecule has 0 aromatic carbocycles. The van der Waals surface area contributed by atoms with Crippen molar-refractivity contribution < 1.29 is 14.6 Å². The Morgan fingerprint density at radius 1 is 1.56 bits per heavy atom. The SMILES string of the molecule is COCCOCC(O)CSc1nncn1C. The van der Waals surface area contributed by atoms with Gasteiger partial charge in [0.25, 0.3) is 0 Å². The highest BCUT2D eigenvalue weighted by atomic mass is 32.2. The van der Waals surface area contributed by atoms with Gasteiger partial charge in [-0.2, -0.15) is 0 Å². The maximum absolute atomic E-state index is 9.59. The van der Waals surface area contributed by atoms with E-state index in [2.05, 4.69) is 10.2 Å². The molecule has 6 nitrogen and oxygen atoms in total. The van der Waals surface area contributed by atoms with E-state index in [1.807, 2.05) is 11.6 Å². The third-order valence-corrected chi connectivity index (χ3v) is 3.00. The fourth-order valence-electron chi connectivity index (χ4n) is 0.984. The largest absolute Gasteiger partial charge is 0.390 e. The van der Waals surface area contributed by atoms with Crippen molar-refractivity contribution in [3.63, 3.8) is 0 Å². The second-order valence-corrected chi connectivity index (χ2v) is 4.24. The highest BCUT2D eigenvalue weighted by Gasteiger charge is 2.08. The van der Waals surface area contributed by atoms with Gasteiger partial charge in [0.15, 0.2) is 5.16 Å². The first-order valence-electron chi connectivity index (χ1n) is 4.95. The molecule has 1 aromatic rings. The van der Waals surface area contributed by atoms with Crippen molar-refractivity contribution >= 4 is 11.8 Å². The Bertz CT molecular complexity index is 295. The number of rotatable bonds is 8. The zero-order chi connectivity index (χ0) is 11.8. The lowest BCUT2D eigenvalue weighted by Gasteiger charge is -2.10. The van der Waals surface area contributed by atoms with Gasteiger partial charge in [0.1, 0.15) is 6.33 Å². The summed E-state index contributed by atoms with van der Waals surface area (Å²) in [6, 6.07) is 0. The molecular weight excluding hydrogens is 230 g/mol. The third-order valence-electron chi connectivity index (χ3n) is 1.82. The third kappa shape index (κ3) is 4.93. The van der Waals surface area contributed by atoms with Gasteiger partial charge >= 0.3 is 0 Å². The maximum atomic E-state index is 9.59. The predicted molar refractivity (Wildman–Crippen MR) is 60.4 cm³/mol. The monoisotopic (exact) mass is 247 g/mol. The molecule has 0 saturated heterocycles. The summed E-state index contributed by atoms with van der Waals surface area (Å²) in [5, 5.41) is 18.0. The van der Waals surface area contributed by atoms with Crippen LogP contribution in [0.3, 0.4) is 0 Å². The van der Waals surface area contributed by atoms with Gasteiger partial charge in [-0.3, -0.25) is 0 Å². The number of aryl methyl sites for hydroxylation is 1. The van der Waals surface area contributed by atoms with Crippen LogP contribution in [0.2, 0.25) is 0 Å². The Balaban J connectivity index is 2.10. The Morgan fingerprint density at radius 2 is 2.38 bits per heavy atom. The quantitative estimate of drug-likeness (QED) is 0.512. The lowest BCUT2D eigenvalue weighted by atomic mass is 10.4. The summed E-state index contributed by atoms with van der Waals surface area (Å²) in [6.45, 7) is 1.36. The summed E-state index contributed by atoms with van der Waals surface area (Å²) >= 11 is 1.45. The highest BCUT2D eigenvalue weighted by Crippen LogP contribution is 2.14. The van der Waals surface area contributed by atoms with Gasteiger partial charge < -0.3 is 19.1 Å². The molecule has 0 aliphatic heterocycles. The van der Waals surface area contributed by atoms with Gasteiger partial charge in [0.05, 0.1) is 25.9 Å². The number of ether oxygens (including phenoxy) is 2. The average molecular weight is 247 g/mol. The molecule has 0 bridgehead atoms. The molecule has 1 N–H and O–H groups in total. The Kier molecular flexibility index (Phi) is 6.39. The number of aromatic nitrogens is 3. The molecule has 0 saturated carbocycles. The minimum Gasteiger partial charge on any atom is -0.390 e. The molecule has 16 heavy (non-hydrogen) atoms. The lowest BCUT2D eigenvalue weighted by Crippen LogP contribution is -2.19. The number of hydrogen-bond donors (Lipinski definition) is 1. The van der Waals surface area contributed by atoms with E-state index in [4.69, 9.17) is 9.47 Å². The van der Waals surface area contributed by atoms with Crippen molar-refractivity contribution in [2.24, 2.45) is 7.05 Å². The lowest BCUT2D eigenvalue weighted by molar-refractivity contribution is 0.0218. The van der Waals surface area contributed by atoms with E-state index in [1.54, 1.807) is 13.4 Å². The molecule has 0 amide bonds. The number of thioether (sulfide) groups is 1. The van der Waals surface area contributed by atoms with E-state index in [9.17, 15) is 5.11 Å². The Morgan fingerprint density at radius 3 is 3.00 bits per heavy atom. The molecule has 1 atom stereocenters. The zero-order valence-corrected chi connectivity index (χ0v) is 10.3. The van der Waals surface area contributed by atoms with E-state index in [-0.39, 0.29) is 0 Å². The standard InChI is InChI=1S/C9H17N3O3S/c1-12-7-10-11-9(12)16-6-8(13)5-15-4-3-14-2/h7-8,13H,3-6H2,1-2H3. The van der Waals surface area contributed by atoms with E-state index >= 15 is 0 Å².